The number of hydrogen-bond donors (Lipinski definition) is 1. The molecule has 1 heterocycles. The first-order valence-electron chi connectivity index (χ1n) is 3.67. The van der Waals surface area contributed by atoms with E-state index in [1.54, 1.807) is 11.3 Å². The first-order chi connectivity index (χ1) is 5.40. The van der Waals surface area contributed by atoms with Crippen LogP contribution in [-0.2, 0) is 12.8 Å². The number of thiazole rings is 1. The highest BCUT2D eigenvalue weighted by molar-refractivity contribution is 14.1. The van der Waals surface area contributed by atoms with E-state index in [9.17, 15) is 0 Å². The number of aromatic nitrogens is 1. The van der Waals surface area contributed by atoms with Crippen LogP contribution in [0.2, 0.25) is 0 Å². The Bertz CT molecular complexity index is 248. The van der Waals surface area contributed by atoms with Crippen molar-refractivity contribution in [2.24, 2.45) is 0 Å². The van der Waals surface area contributed by atoms with Crippen molar-refractivity contribution in [1.82, 2.24) is 8.51 Å². The maximum absolute atomic E-state index is 4.31. The first-order valence-corrected chi connectivity index (χ1v) is 5.63. The lowest BCUT2D eigenvalue weighted by atomic mass is 9.99. The van der Waals surface area contributed by atoms with E-state index in [1.165, 1.54) is 23.4 Å². The fourth-order valence-corrected chi connectivity index (χ4v) is 2.82. The SMILES string of the molecule is INC1CCc2ncsc2C1. The Labute approximate surface area is 83.9 Å². The summed E-state index contributed by atoms with van der Waals surface area (Å²) in [6.45, 7) is 0. The van der Waals surface area contributed by atoms with Crippen LogP contribution in [0.25, 0.3) is 0 Å². The van der Waals surface area contributed by atoms with E-state index in [0.29, 0.717) is 6.04 Å². The van der Waals surface area contributed by atoms with E-state index in [4.69, 9.17) is 0 Å². The summed E-state index contributed by atoms with van der Waals surface area (Å²) in [7, 11) is 0. The molecule has 1 unspecified atom stereocenters. The molecule has 11 heavy (non-hydrogen) atoms. The zero-order valence-corrected chi connectivity index (χ0v) is 8.98. The molecular weight excluding hydrogens is 271 g/mol. The third-order valence-electron chi connectivity index (χ3n) is 2.04. The molecule has 1 aliphatic rings. The lowest BCUT2D eigenvalue weighted by Crippen LogP contribution is -2.27. The predicted molar refractivity (Wildman–Crippen MR) is 55.1 cm³/mol. The van der Waals surface area contributed by atoms with Crippen molar-refractivity contribution in [3.05, 3.63) is 16.1 Å². The lowest BCUT2D eigenvalue weighted by molar-refractivity contribution is 0.557. The maximum Gasteiger partial charge on any atom is 0.0797 e. The average molecular weight is 280 g/mol. The van der Waals surface area contributed by atoms with Gasteiger partial charge in [0.05, 0.1) is 11.2 Å². The summed E-state index contributed by atoms with van der Waals surface area (Å²) in [6.07, 6.45) is 3.56. The molecule has 1 atom stereocenters. The summed E-state index contributed by atoms with van der Waals surface area (Å²) in [5.41, 5.74) is 3.29. The first kappa shape index (κ1) is 7.94. The second kappa shape index (κ2) is 3.37. The standard InChI is InChI=1S/C7H9IN2S/c8-10-5-1-2-6-7(3-5)11-4-9-6/h4-5,10H,1-3H2. The largest absolute Gasteiger partial charge is 0.258 e. The molecule has 0 spiro atoms. The quantitative estimate of drug-likeness (QED) is 0.628. The van der Waals surface area contributed by atoms with Crippen molar-refractivity contribution in [2.45, 2.75) is 25.3 Å². The zero-order chi connectivity index (χ0) is 7.68. The van der Waals surface area contributed by atoms with E-state index < -0.39 is 0 Å². The molecule has 4 heteroatoms. The Balaban J connectivity index is 2.18. The van der Waals surface area contributed by atoms with Crippen molar-refractivity contribution in [3.63, 3.8) is 0 Å². The molecule has 0 aromatic carbocycles. The van der Waals surface area contributed by atoms with Gasteiger partial charge in [-0.25, -0.2) is 4.98 Å². The fraction of sp³-hybridized carbons (Fsp3) is 0.571. The van der Waals surface area contributed by atoms with Crippen LogP contribution >= 0.6 is 34.2 Å². The van der Waals surface area contributed by atoms with E-state index in [1.807, 2.05) is 5.51 Å². The predicted octanol–water partition coefficient (Wildman–Crippen LogP) is 1.94. The monoisotopic (exact) mass is 280 g/mol. The van der Waals surface area contributed by atoms with Gasteiger partial charge in [-0.3, -0.25) is 3.53 Å². The topological polar surface area (TPSA) is 24.9 Å². The smallest absolute Gasteiger partial charge is 0.0797 e. The Hall–Kier alpha value is 0.320. The molecule has 1 aliphatic carbocycles. The second-order valence-corrected chi connectivity index (χ2v) is 4.33. The van der Waals surface area contributed by atoms with Gasteiger partial charge < -0.3 is 0 Å². The summed E-state index contributed by atoms with van der Waals surface area (Å²) in [5, 5.41) is 0. The van der Waals surface area contributed by atoms with Crippen LogP contribution in [0.15, 0.2) is 5.51 Å². The highest BCUT2D eigenvalue weighted by atomic mass is 127. The molecule has 0 saturated carbocycles. The number of nitrogens with zero attached hydrogens (tertiary/aromatic N) is 1. The van der Waals surface area contributed by atoms with Gasteiger partial charge in [0, 0.05) is 33.8 Å². The molecule has 60 valence electrons. The Morgan fingerprint density at radius 3 is 3.45 bits per heavy atom. The minimum absolute atomic E-state index is 0.670. The minimum Gasteiger partial charge on any atom is -0.258 e. The number of hydrogen-bond acceptors (Lipinski definition) is 3. The number of aryl methyl sites for hydroxylation is 1. The third-order valence-corrected chi connectivity index (χ3v) is 3.82. The molecule has 0 amide bonds. The Morgan fingerprint density at radius 2 is 2.64 bits per heavy atom. The molecule has 2 nitrogen and oxygen atoms in total. The number of rotatable bonds is 1. The van der Waals surface area contributed by atoms with Crippen LogP contribution in [0.5, 0.6) is 0 Å². The van der Waals surface area contributed by atoms with Crippen molar-refractivity contribution in [1.29, 1.82) is 0 Å². The van der Waals surface area contributed by atoms with E-state index >= 15 is 0 Å². The third kappa shape index (κ3) is 1.57. The number of halogens is 1. The molecule has 0 fully saturated rings. The zero-order valence-electron chi connectivity index (χ0n) is 6.01. The molecular formula is C7H9IN2S. The van der Waals surface area contributed by atoms with Gasteiger partial charge in [0.25, 0.3) is 0 Å². The van der Waals surface area contributed by atoms with Crippen LogP contribution in [0.1, 0.15) is 17.0 Å². The van der Waals surface area contributed by atoms with Gasteiger partial charge in [-0.15, -0.1) is 11.3 Å². The van der Waals surface area contributed by atoms with Gasteiger partial charge in [-0.1, -0.05) is 0 Å². The summed E-state index contributed by atoms with van der Waals surface area (Å²) >= 11 is 4.03. The van der Waals surface area contributed by atoms with E-state index in [-0.39, 0.29) is 0 Å². The number of fused-ring (bicyclic) bond motifs is 1. The molecule has 1 N–H and O–H groups in total. The second-order valence-electron chi connectivity index (χ2n) is 2.77. The summed E-state index contributed by atoms with van der Waals surface area (Å²) < 4.78 is 3.28. The number of nitrogens with one attached hydrogen (secondary N) is 1. The van der Waals surface area contributed by atoms with Crippen molar-refractivity contribution in [2.75, 3.05) is 0 Å². The summed E-state index contributed by atoms with van der Waals surface area (Å²) in [4.78, 5) is 5.79. The van der Waals surface area contributed by atoms with Gasteiger partial charge in [0.1, 0.15) is 0 Å². The molecule has 1 aromatic heterocycles. The van der Waals surface area contributed by atoms with Crippen molar-refractivity contribution in [3.8, 4) is 0 Å². The molecule has 0 saturated heterocycles. The van der Waals surface area contributed by atoms with E-state index in [0.717, 1.165) is 6.42 Å². The normalized spacial score (nSPS) is 23.2. The summed E-state index contributed by atoms with van der Waals surface area (Å²) in [6, 6.07) is 0.670. The highest BCUT2D eigenvalue weighted by Crippen LogP contribution is 2.23. The van der Waals surface area contributed by atoms with Gasteiger partial charge in [-0.05, 0) is 19.3 Å². The lowest BCUT2D eigenvalue weighted by Gasteiger charge is -2.18. The van der Waals surface area contributed by atoms with Crippen molar-refractivity contribution < 1.29 is 0 Å². The Morgan fingerprint density at radius 1 is 1.73 bits per heavy atom. The maximum atomic E-state index is 4.31. The van der Waals surface area contributed by atoms with Gasteiger partial charge in [0.2, 0.25) is 0 Å². The van der Waals surface area contributed by atoms with Gasteiger partial charge in [0.15, 0.2) is 0 Å². The van der Waals surface area contributed by atoms with Crippen molar-refractivity contribution >= 4 is 34.2 Å². The minimum atomic E-state index is 0.670. The van der Waals surface area contributed by atoms with Crippen LogP contribution in [0, 0.1) is 0 Å². The van der Waals surface area contributed by atoms with Crippen LogP contribution < -0.4 is 3.53 Å². The molecule has 0 aliphatic heterocycles. The molecule has 0 bridgehead atoms. The van der Waals surface area contributed by atoms with Crippen LogP contribution in [0.4, 0.5) is 0 Å². The van der Waals surface area contributed by atoms with E-state index in [2.05, 4.69) is 31.4 Å². The molecule has 1 aromatic rings. The Kier molecular flexibility index (Phi) is 2.43. The molecule has 0 radical (unpaired) electrons. The summed E-state index contributed by atoms with van der Waals surface area (Å²) in [5.74, 6) is 0. The molecule has 2 rings (SSSR count). The average Bonchev–Trinajstić information content (AvgIpc) is 2.50. The highest BCUT2D eigenvalue weighted by Gasteiger charge is 2.19. The van der Waals surface area contributed by atoms with Gasteiger partial charge >= 0.3 is 0 Å². The van der Waals surface area contributed by atoms with Gasteiger partial charge in [-0.2, -0.15) is 0 Å². The van der Waals surface area contributed by atoms with Crippen LogP contribution in [-0.4, -0.2) is 11.0 Å². The fourth-order valence-electron chi connectivity index (χ4n) is 1.39. The van der Waals surface area contributed by atoms with Crippen LogP contribution in [0.3, 0.4) is 0 Å².